The molecule has 0 aromatic heterocycles. The smallest absolute Gasteiger partial charge is 0.0867 e. The van der Waals surface area contributed by atoms with Gasteiger partial charge in [-0.3, -0.25) is 0 Å². The Hall–Kier alpha value is -0.510. The van der Waals surface area contributed by atoms with E-state index in [1.807, 2.05) is 12.1 Å². The van der Waals surface area contributed by atoms with E-state index in [1.54, 1.807) is 18.9 Å². The molecule has 1 aromatic rings. The van der Waals surface area contributed by atoms with Crippen molar-refractivity contribution in [2.45, 2.75) is 17.9 Å². The van der Waals surface area contributed by atoms with E-state index in [0.29, 0.717) is 12.4 Å². The molecule has 1 aromatic carbocycles. The van der Waals surface area contributed by atoms with Crippen molar-refractivity contribution in [3.8, 4) is 0 Å². The van der Waals surface area contributed by atoms with Gasteiger partial charge in [-0.15, -0.1) is 11.8 Å². The average molecular weight is 212 g/mol. The molecule has 1 N–H and O–H groups in total. The zero-order valence-corrected chi connectivity index (χ0v) is 9.38. The molecule has 0 saturated carbocycles. The maximum absolute atomic E-state index is 9.46. The van der Waals surface area contributed by atoms with Crippen molar-refractivity contribution in [3.63, 3.8) is 0 Å². The highest BCUT2D eigenvalue weighted by atomic mass is 32.2. The van der Waals surface area contributed by atoms with E-state index in [2.05, 4.69) is 19.1 Å². The number of benzene rings is 1. The molecule has 14 heavy (non-hydrogen) atoms. The number of thioether (sulfide) groups is 1. The highest BCUT2D eigenvalue weighted by molar-refractivity contribution is 7.99. The van der Waals surface area contributed by atoms with Crippen molar-refractivity contribution < 1.29 is 9.84 Å². The molecule has 0 radical (unpaired) electrons. The number of aliphatic hydroxyl groups excluding tert-OH is 1. The van der Waals surface area contributed by atoms with Crippen LogP contribution in [0.2, 0.25) is 0 Å². The number of rotatable bonds is 5. The van der Waals surface area contributed by atoms with Crippen molar-refractivity contribution in [1.82, 2.24) is 0 Å². The topological polar surface area (TPSA) is 29.5 Å². The predicted octanol–water partition coefficient (Wildman–Crippen LogP) is 2.09. The molecule has 3 heteroatoms. The van der Waals surface area contributed by atoms with Gasteiger partial charge in [0.15, 0.2) is 0 Å². The molecule has 0 fully saturated rings. The summed E-state index contributed by atoms with van der Waals surface area (Å²) in [6.45, 7) is 2.48. The van der Waals surface area contributed by atoms with Gasteiger partial charge in [0.25, 0.3) is 0 Å². The second-order valence-electron chi connectivity index (χ2n) is 3.19. The minimum atomic E-state index is -0.385. The van der Waals surface area contributed by atoms with Gasteiger partial charge in [0.1, 0.15) is 0 Å². The minimum absolute atomic E-state index is 0.385. The Labute approximate surface area is 89.3 Å². The standard InChI is InChI=1S/C11H16O2S/c1-9-5-3-4-6-11(9)14-8-10(12)7-13-2/h3-6,10,12H,7-8H2,1-2H3. The summed E-state index contributed by atoms with van der Waals surface area (Å²) in [6, 6.07) is 8.17. The zero-order chi connectivity index (χ0) is 10.4. The van der Waals surface area contributed by atoms with Crippen molar-refractivity contribution in [3.05, 3.63) is 29.8 Å². The summed E-state index contributed by atoms with van der Waals surface area (Å²) in [5.74, 6) is 0.679. The van der Waals surface area contributed by atoms with Gasteiger partial charge in [-0.2, -0.15) is 0 Å². The second-order valence-corrected chi connectivity index (χ2v) is 4.25. The normalized spacial score (nSPS) is 12.8. The third-order valence-corrected chi connectivity index (χ3v) is 3.20. The lowest BCUT2D eigenvalue weighted by Gasteiger charge is -2.09. The van der Waals surface area contributed by atoms with Crippen LogP contribution in [0.15, 0.2) is 29.2 Å². The van der Waals surface area contributed by atoms with Crippen LogP contribution in [-0.4, -0.2) is 30.7 Å². The van der Waals surface area contributed by atoms with Gasteiger partial charge in [0.2, 0.25) is 0 Å². The molecule has 0 amide bonds. The van der Waals surface area contributed by atoms with Crippen LogP contribution in [0.3, 0.4) is 0 Å². The third-order valence-electron chi connectivity index (χ3n) is 1.88. The average Bonchev–Trinajstić information content (AvgIpc) is 2.17. The molecule has 78 valence electrons. The maximum atomic E-state index is 9.46. The van der Waals surface area contributed by atoms with Crippen molar-refractivity contribution >= 4 is 11.8 Å². The molecular formula is C11H16O2S. The lowest BCUT2D eigenvalue weighted by atomic mass is 10.2. The molecule has 0 bridgehead atoms. The van der Waals surface area contributed by atoms with Gasteiger partial charge in [0.05, 0.1) is 12.7 Å². The molecular weight excluding hydrogens is 196 g/mol. The van der Waals surface area contributed by atoms with Crippen LogP contribution in [0.5, 0.6) is 0 Å². The zero-order valence-electron chi connectivity index (χ0n) is 8.56. The van der Waals surface area contributed by atoms with E-state index in [4.69, 9.17) is 4.74 Å². The Bertz CT molecular complexity index is 276. The summed E-state index contributed by atoms with van der Waals surface area (Å²) in [4.78, 5) is 1.22. The Morgan fingerprint density at radius 2 is 2.14 bits per heavy atom. The van der Waals surface area contributed by atoms with Crippen LogP contribution in [0.1, 0.15) is 5.56 Å². The Morgan fingerprint density at radius 1 is 1.43 bits per heavy atom. The molecule has 1 atom stereocenters. The number of hydrogen-bond acceptors (Lipinski definition) is 3. The molecule has 0 aliphatic carbocycles. The molecule has 0 heterocycles. The fourth-order valence-corrected chi connectivity index (χ4v) is 2.08. The first kappa shape index (κ1) is 11.6. The van der Waals surface area contributed by atoms with Gasteiger partial charge >= 0.3 is 0 Å². The summed E-state index contributed by atoms with van der Waals surface area (Å²) in [7, 11) is 1.60. The molecule has 0 aliphatic heterocycles. The highest BCUT2D eigenvalue weighted by Gasteiger charge is 2.05. The molecule has 2 nitrogen and oxygen atoms in total. The first-order valence-corrected chi connectivity index (χ1v) is 5.58. The van der Waals surface area contributed by atoms with Crippen LogP contribution in [0.4, 0.5) is 0 Å². The molecule has 1 unspecified atom stereocenters. The van der Waals surface area contributed by atoms with E-state index in [-0.39, 0.29) is 6.10 Å². The summed E-state index contributed by atoms with van der Waals surface area (Å²) in [5, 5.41) is 9.46. The number of aliphatic hydroxyl groups is 1. The fraction of sp³-hybridized carbons (Fsp3) is 0.455. The van der Waals surface area contributed by atoms with Crippen LogP contribution in [0, 0.1) is 6.92 Å². The Balaban J connectivity index is 2.41. The lowest BCUT2D eigenvalue weighted by Crippen LogP contribution is -2.16. The molecule has 0 saturated heterocycles. The molecule has 0 aliphatic rings. The van der Waals surface area contributed by atoms with Crippen LogP contribution in [0.25, 0.3) is 0 Å². The summed E-state index contributed by atoms with van der Waals surface area (Å²) in [5.41, 5.74) is 1.25. The van der Waals surface area contributed by atoms with Crippen LogP contribution < -0.4 is 0 Å². The maximum Gasteiger partial charge on any atom is 0.0867 e. The lowest BCUT2D eigenvalue weighted by molar-refractivity contribution is 0.0794. The summed E-state index contributed by atoms with van der Waals surface area (Å²) < 4.78 is 4.86. The molecule has 1 rings (SSSR count). The van der Waals surface area contributed by atoms with Gasteiger partial charge < -0.3 is 9.84 Å². The van der Waals surface area contributed by atoms with Crippen molar-refractivity contribution in [1.29, 1.82) is 0 Å². The SMILES string of the molecule is COCC(O)CSc1ccccc1C. The second kappa shape index (κ2) is 6.06. The van der Waals surface area contributed by atoms with E-state index in [0.717, 1.165) is 0 Å². The predicted molar refractivity (Wildman–Crippen MR) is 59.8 cm³/mol. The first-order chi connectivity index (χ1) is 6.74. The number of aryl methyl sites for hydroxylation is 1. The number of methoxy groups -OCH3 is 1. The monoisotopic (exact) mass is 212 g/mol. The van der Waals surface area contributed by atoms with Gasteiger partial charge in [0, 0.05) is 17.8 Å². The first-order valence-electron chi connectivity index (χ1n) is 4.59. The van der Waals surface area contributed by atoms with E-state index < -0.39 is 0 Å². The number of ether oxygens (including phenoxy) is 1. The largest absolute Gasteiger partial charge is 0.390 e. The minimum Gasteiger partial charge on any atom is -0.390 e. The van der Waals surface area contributed by atoms with Crippen molar-refractivity contribution in [2.24, 2.45) is 0 Å². The quantitative estimate of drug-likeness (QED) is 0.758. The molecule has 0 spiro atoms. The van der Waals surface area contributed by atoms with Crippen LogP contribution >= 0.6 is 11.8 Å². The van der Waals surface area contributed by atoms with Gasteiger partial charge in [-0.05, 0) is 18.6 Å². The third kappa shape index (κ3) is 3.70. The highest BCUT2D eigenvalue weighted by Crippen LogP contribution is 2.22. The Kier molecular flexibility index (Phi) is 5.01. The van der Waals surface area contributed by atoms with E-state index >= 15 is 0 Å². The fourth-order valence-electron chi connectivity index (χ4n) is 1.14. The van der Waals surface area contributed by atoms with Crippen molar-refractivity contribution in [2.75, 3.05) is 19.5 Å². The van der Waals surface area contributed by atoms with Gasteiger partial charge in [-0.1, -0.05) is 18.2 Å². The summed E-state index contributed by atoms with van der Waals surface area (Å²) >= 11 is 1.67. The summed E-state index contributed by atoms with van der Waals surface area (Å²) in [6.07, 6.45) is -0.385. The van der Waals surface area contributed by atoms with E-state index in [1.165, 1.54) is 10.5 Å². The van der Waals surface area contributed by atoms with E-state index in [9.17, 15) is 5.11 Å². The van der Waals surface area contributed by atoms with Gasteiger partial charge in [-0.25, -0.2) is 0 Å². The van der Waals surface area contributed by atoms with Crippen LogP contribution in [-0.2, 0) is 4.74 Å². The number of hydrogen-bond donors (Lipinski definition) is 1. The Morgan fingerprint density at radius 3 is 2.79 bits per heavy atom.